The van der Waals surface area contributed by atoms with E-state index in [2.05, 4.69) is 58.8 Å². The molecule has 0 aliphatic heterocycles. The molecule has 1 atom stereocenters. The first-order valence-corrected chi connectivity index (χ1v) is 11.1. The summed E-state index contributed by atoms with van der Waals surface area (Å²) in [5.41, 5.74) is 6.74. The van der Waals surface area contributed by atoms with Crippen LogP contribution in [0.15, 0.2) is 83.8 Å². The molecule has 5 heteroatoms. The van der Waals surface area contributed by atoms with Crippen molar-refractivity contribution in [3.05, 3.63) is 112 Å². The molecule has 3 aromatic carbocycles. The van der Waals surface area contributed by atoms with Gasteiger partial charge in [0.15, 0.2) is 0 Å². The van der Waals surface area contributed by atoms with Crippen molar-refractivity contribution in [2.75, 3.05) is 6.54 Å². The van der Waals surface area contributed by atoms with Crippen molar-refractivity contribution in [3.63, 3.8) is 0 Å². The van der Waals surface area contributed by atoms with E-state index < -0.39 is 0 Å². The van der Waals surface area contributed by atoms with Gasteiger partial charge in [-0.2, -0.15) is 0 Å². The zero-order chi connectivity index (χ0) is 21.7. The molecular weight excluding hydrogens is 398 g/mol. The van der Waals surface area contributed by atoms with Gasteiger partial charge in [0.05, 0.1) is 17.2 Å². The topological polar surface area (TPSA) is 64.0 Å². The van der Waals surface area contributed by atoms with Crippen molar-refractivity contribution in [3.8, 4) is 0 Å². The van der Waals surface area contributed by atoms with Gasteiger partial charge < -0.3 is 5.32 Å². The highest BCUT2D eigenvalue weighted by Gasteiger charge is 2.42. The first-order chi connectivity index (χ1) is 15.7. The van der Waals surface area contributed by atoms with E-state index in [-0.39, 0.29) is 23.9 Å². The van der Waals surface area contributed by atoms with Gasteiger partial charge in [-0.05, 0) is 46.7 Å². The van der Waals surface area contributed by atoms with Crippen molar-refractivity contribution in [2.24, 2.45) is 5.92 Å². The number of rotatable bonds is 4. The largest absolute Gasteiger partial charge is 0.354 e. The van der Waals surface area contributed by atoms with Gasteiger partial charge in [0.2, 0.25) is 5.91 Å². The first-order valence-electron chi connectivity index (χ1n) is 11.1. The van der Waals surface area contributed by atoms with E-state index in [4.69, 9.17) is 0 Å². The lowest BCUT2D eigenvalue weighted by atomic mass is 9.59. The lowest BCUT2D eigenvalue weighted by Crippen LogP contribution is -2.41. The van der Waals surface area contributed by atoms with Crippen LogP contribution in [-0.4, -0.2) is 22.0 Å². The van der Waals surface area contributed by atoms with Gasteiger partial charge in [-0.3, -0.25) is 14.2 Å². The Morgan fingerprint density at radius 1 is 0.906 bits per heavy atom. The maximum Gasteiger partial charge on any atom is 0.269 e. The number of para-hydroxylation sites is 2. The van der Waals surface area contributed by atoms with E-state index >= 15 is 0 Å². The first kappa shape index (κ1) is 19.0. The van der Waals surface area contributed by atoms with E-state index in [1.807, 2.05) is 24.3 Å². The molecule has 32 heavy (non-hydrogen) atoms. The van der Waals surface area contributed by atoms with E-state index in [9.17, 15) is 9.59 Å². The average Bonchev–Trinajstić information content (AvgIpc) is 2.84. The van der Waals surface area contributed by atoms with Crippen molar-refractivity contribution in [1.29, 1.82) is 0 Å². The molecule has 0 saturated heterocycles. The van der Waals surface area contributed by atoms with Crippen molar-refractivity contribution in [2.45, 2.75) is 24.8 Å². The van der Waals surface area contributed by atoms with E-state index in [0.717, 1.165) is 6.42 Å². The van der Waals surface area contributed by atoms with Gasteiger partial charge >= 0.3 is 0 Å². The third-order valence-corrected chi connectivity index (χ3v) is 7.04. The summed E-state index contributed by atoms with van der Waals surface area (Å²) in [6, 6.07) is 24.8. The van der Waals surface area contributed by atoms with Crippen LogP contribution >= 0.6 is 0 Å². The van der Waals surface area contributed by atoms with Crippen LogP contribution < -0.4 is 10.9 Å². The fourth-order valence-corrected chi connectivity index (χ4v) is 5.68. The van der Waals surface area contributed by atoms with Gasteiger partial charge in [-0.25, -0.2) is 4.98 Å². The zero-order valence-corrected chi connectivity index (χ0v) is 17.6. The number of carbonyl (C=O) groups is 1. The number of nitrogens with one attached hydrogen (secondary N) is 1. The molecule has 3 aliphatic rings. The van der Waals surface area contributed by atoms with Gasteiger partial charge in [-0.1, -0.05) is 60.7 Å². The van der Waals surface area contributed by atoms with Crippen LogP contribution in [0.5, 0.6) is 0 Å². The molecule has 3 aliphatic carbocycles. The number of nitrogens with zero attached hydrogens (tertiary/aromatic N) is 2. The molecule has 0 saturated carbocycles. The summed E-state index contributed by atoms with van der Waals surface area (Å²) >= 11 is 0. The zero-order valence-electron chi connectivity index (χ0n) is 17.6. The highest BCUT2D eigenvalue weighted by molar-refractivity contribution is 5.80. The number of amides is 1. The summed E-state index contributed by atoms with van der Waals surface area (Å²) in [6.45, 7) is 0.594. The normalized spacial score (nSPS) is 20.6. The fourth-order valence-electron chi connectivity index (χ4n) is 5.68. The predicted octanol–water partition coefficient (Wildman–Crippen LogP) is 3.81. The summed E-state index contributed by atoms with van der Waals surface area (Å²) < 4.78 is 1.50. The van der Waals surface area contributed by atoms with Crippen LogP contribution in [0.2, 0.25) is 0 Å². The summed E-state index contributed by atoms with van der Waals surface area (Å²) in [5, 5.41) is 3.12. The third kappa shape index (κ3) is 2.96. The van der Waals surface area contributed by atoms with E-state index in [1.165, 1.54) is 33.0 Å². The number of carbonyl (C=O) groups excluding carboxylic acids is 1. The molecule has 1 heterocycles. The molecule has 0 unspecified atom stereocenters. The summed E-state index contributed by atoms with van der Waals surface area (Å²) in [4.78, 5) is 29.4. The Balaban J connectivity index is 1.25. The number of aromatic nitrogens is 2. The quantitative estimate of drug-likeness (QED) is 0.545. The molecule has 1 N–H and O–H groups in total. The van der Waals surface area contributed by atoms with Crippen LogP contribution in [0, 0.1) is 5.92 Å². The molecule has 158 valence electrons. The Kier molecular flexibility index (Phi) is 4.42. The Morgan fingerprint density at radius 2 is 1.53 bits per heavy atom. The number of hydrogen-bond donors (Lipinski definition) is 1. The maximum atomic E-state index is 12.9. The second kappa shape index (κ2) is 7.45. The summed E-state index contributed by atoms with van der Waals surface area (Å²) in [6.07, 6.45) is 2.31. The molecule has 5 nitrogen and oxygen atoms in total. The fraction of sp³-hybridized carbons (Fsp3) is 0.222. The molecule has 0 spiro atoms. The minimum Gasteiger partial charge on any atom is -0.354 e. The second-order valence-electron chi connectivity index (χ2n) is 8.76. The number of hydrogen-bond acceptors (Lipinski definition) is 3. The minimum absolute atomic E-state index is 0.00411. The Morgan fingerprint density at radius 3 is 2.25 bits per heavy atom. The van der Waals surface area contributed by atoms with Gasteiger partial charge in [0, 0.05) is 18.4 Å². The van der Waals surface area contributed by atoms with Crippen LogP contribution in [0.1, 0.15) is 40.5 Å². The number of benzene rings is 3. The highest BCUT2D eigenvalue weighted by Crippen LogP contribution is 2.55. The van der Waals surface area contributed by atoms with Crippen LogP contribution in [0.4, 0.5) is 0 Å². The molecule has 0 fully saturated rings. The highest BCUT2D eigenvalue weighted by atomic mass is 16.2. The van der Waals surface area contributed by atoms with Crippen LogP contribution in [-0.2, 0) is 11.3 Å². The standard InChI is InChI=1S/C27H23N3O2/c31-25(16-30-24-12-6-5-11-23(24)28-15-26(30)32)29-14-17-13-22-18-7-1-3-9-20(18)27(17)21-10-4-2-8-19(21)22/h1-12,15,17,22,27H,13-14,16H2,(H,29,31)/t17-,22?,27?/m0/s1. The average molecular weight is 422 g/mol. The molecule has 1 aromatic heterocycles. The van der Waals surface area contributed by atoms with Gasteiger partial charge in [0.25, 0.3) is 5.56 Å². The molecule has 2 bridgehead atoms. The van der Waals surface area contributed by atoms with Gasteiger partial charge in [-0.15, -0.1) is 0 Å². The van der Waals surface area contributed by atoms with Crippen LogP contribution in [0.25, 0.3) is 11.0 Å². The van der Waals surface area contributed by atoms with E-state index in [0.29, 0.717) is 29.4 Å². The van der Waals surface area contributed by atoms with Crippen molar-refractivity contribution < 1.29 is 4.79 Å². The number of fused-ring (bicyclic) bond motifs is 2. The van der Waals surface area contributed by atoms with Gasteiger partial charge in [0.1, 0.15) is 6.54 Å². The maximum absolute atomic E-state index is 12.9. The Labute approximate surface area is 185 Å². The Hall–Kier alpha value is -3.73. The Bertz CT molecular complexity index is 1360. The molecule has 0 radical (unpaired) electrons. The summed E-state index contributed by atoms with van der Waals surface area (Å²) in [5.74, 6) is 0.851. The van der Waals surface area contributed by atoms with Crippen LogP contribution in [0.3, 0.4) is 0 Å². The molecular formula is C27H23N3O2. The second-order valence-corrected chi connectivity index (χ2v) is 8.76. The molecule has 1 amide bonds. The predicted molar refractivity (Wildman–Crippen MR) is 124 cm³/mol. The molecule has 4 aromatic rings. The van der Waals surface area contributed by atoms with Crippen molar-refractivity contribution in [1.82, 2.24) is 14.9 Å². The smallest absolute Gasteiger partial charge is 0.269 e. The molecule has 7 rings (SSSR count). The lowest BCUT2D eigenvalue weighted by Gasteiger charge is -2.45. The third-order valence-electron chi connectivity index (χ3n) is 7.04. The SMILES string of the molecule is O=C(Cn1c(=O)cnc2ccccc21)NC[C@@H]1CC2c3ccccc3C1c1ccccc12. The van der Waals surface area contributed by atoms with E-state index in [1.54, 1.807) is 0 Å². The van der Waals surface area contributed by atoms with Crippen molar-refractivity contribution >= 4 is 16.9 Å². The minimum atomic E-state index is -0.265. The lowest BCUT2D eigenvalue weighted by molar-refractivity contribution is -0.121. The summed E-state index contributed by atoms with van der Waals surface area (Å²) in [7, 11) is 0. The monoisotopic (exact) mass is 421 g/mol.